The monoisotopic (exact) mass is 267 g/mol. The van der Waals surface area contributed by atoms with E-state index in [0.29, 0.717) is 12.3 Å². The van der Waals surface area contributed by atoms with Crippen molar-refractivity contribution in [2.24, 2.45) is 0 Å². The summed E-state index contributed by atoms with van der Waals surface area (Å²) in [7, 11) is 1.68. The van der Waals surface area contributed by atoms with Gasteiger partial charge in [0.15, 0.2) is 0 Å². The van der Waals surface area contributed by atoms with Crippen LogP contribution in [0, 0.1) is 11.3 Å². The molecule has 0 bridgehead atoms. The summed E-state index contributed by atoms with van der Waals surface area (Å²) in [6.07, 6.45) is 0. The molecule has 1 heterocycles. The van der Waals surface area contributed by atoms with Crippen LogP contribution in [0.5, 0.6) is 0 Å². The van der Waals surface area contributed by atoms with Gasteiger partial charge in [-0.15, -0.1) is 0 Å². The van der Waals surface area contributed by atoms with E-state index >= 15 is 0 Å². The standard InChI is InChI=1S/C16H17N3O/c1-20-11-10-19(13-14-6-3-2-4-7-14)16-9-5-8-15(12-17)18-16/h2-9H,10-11,13H2,1H3. The molecule has 0 atom stereocenters. The second kappa shape index (κ2) is 7.27. The molecule has 102 valence electrons. The number of hydrogen-bond donors (Lipinski definition) is 0. The van der Waals surface area contributed by atoms with Gasteiger partial charge in [-0.25, -0.2) is 4.98 Å². The topological polar surface area (TPSA) is 49.1 Å². The van der Waals surface area contributed by atoms with Gasteiger partial charge in [0, 0.05) is 20.2 Å². The molecule has 0 saturated heterocycles. The third kappa shape index (κ3) is 3.81. The summed E-state index contributed by atoms with van der Waals surface area (Å²) in [5.74, 6) is 0.796. The minimum atomic E-state index is 0.429. The highest BCUT2D eigenvalue weighted by atomic mass is 16.5. The molecule has 0 aliphatic rings. The first-order chi connectivity index (χ1) is 9.83. The second-order valence-corrected chi connectivity index (χ2v) is 4.39. The Kier molecular flexibility index (Phi) is 5.10. The van der Waals surface area contributed by atoms with Gasteiger partial charge in [-0.3, -0.25) is 0 Å². The van der Waals surface area contributed by atoms with Gasteiger partial charge in [0.1, 0.15) is 17.6 Å². The molecule has 0 saturated carbocycles. The molecule has 2 rings (SSSR count). The summed E-state index contributed by atoms with van der Waals surface area (Å²) in [6, 6.07) is 17.7. The van der Waals surface area contributed by atoms with E-state index in [4.69, 9.17) is 10.00 Å². The van der Waals surface area contributed by atoms with Crippen LogP contribution in [0.1, 0.15) is 11.3 Å². The molecule has 0 unspecified atom stereocenters. The Bertz CT molecular complexity index is 578. The molecular formula is C16H17N3O. The quantitative estimate of drug-likeness (QED) is 0.807. The van der Waals surface area contributed by atoms with Crippen LogP contribution in [0.25, 0.3) is 0 Å². The molecule has 0 spiro atoms. The number of nitrogens with zero attached hydrogens (tertiary/aromatic N) is 3. The summed E-state index contributed by atoms with van der Waals surface area (Å²) in [6.45, 7) is 2.09. The predicted molar refractivity (Wildman–Crippen MR) is 78.3 cm³/mol. The van der Waals surface area contributed by atoms with E-state index in [1.165, 1.54) is 5.56 Å². The molecule has 0 N–H and O–H groups in total. The number of ether oxygens (including phenoxy) is 1. The van der Waals surface area contributed by atoms with Crippen LogP contribution in [0.4, 0.5) is 5.82 Å². The Hall–Kier alpha value is -2.38. The van der Waals surface area contributed by atoms with Crippen molar-refractivity contribution < 1.29 is 4.74 Å². The number of benzene rings is 1. The molecule has 1 aromatic carbocycles. The highest BCUT2D eigenvalue weighted by molar-refractivity contribution is 5.42. The molecule has 0 aliphatic carbocycles. The number of rotatable bonds is 6. The Morgan fingerprint density at radius 2 is 1.95 bits per heavy atom. The molecule has 4 heteroatoms. The molecule has 2 aromatic rings. The molecule has 20 heavy (non-hydrogen) atoms. The van der Waals surface area contributed by atoms with Gasteiger partial charge in [-0.2, -0.15) is 5.26 Å². The fraction of sp³-hybridized carbons (Fsp3) is 0.250. The summed E-state index contributed by atoms with van der Waals surface area (Å²) < 4.78 is 5.15. The number of nitriles is 1. The van der Waals surface area contributed by atoms with Crippen molar-refractivity contribution in [3.05, 3.63) is 59.8 Å². The van der Waals surface area contributed by atoms with Crippen molar-refractivity contribution in [1.29, 1.82) is 5.26 Å². The van der Waals surface area contributed by atoms with Gasteiger partial charge in [0.25, 0.3) is 0 Å². The van der Waals surface area contributed by atoms with Crippen molar-refractivity contribution in [3.8, 4) is 6.07 Å². The zero-order chi connectivity index (χ0) is 14.2. The molecular weight excluding hydrogens is 250 g/mol. The van der Waals surface area contributed by atoms with Gasteiger partial charge in [-0.1, -0.05) is 36.4 Å². The maximum atomic E-state index is 8.95. The van der Waals surface area contributed by atoms with Crippen molar-refractivity contribution in [3.63, 3.8) is 0 Å². The summed E-state index contributed by atoms with van der Waals surface area (Å²) >= 11 is 0. The van der Waals surface area contributed by atoms with Crippen LogP contribution >= 0.6 is 0 Å². The van der Waals surface area contributed by atoms with Crippen LogP contribution in [0.3, 0.4) is 0 Å². The van der Waals surface area contributed by atoms with E-state index in [2.05, 4.69) is 28.1 Å². The van der Waals surface area contributed by atoms with Crippen LogP contribution < -0.4 is 4.90 Å². The van der Waals surface area contributed by atoms with Crippen LogP contribution in [-0.2, 0) is 11.3 Å². The average Bonchev–Trinajstić information content (AvgIpc) is 2.52. The number of pyridine rings is 1. The Morgan fingerprint density at radius 1 is 1.15 bits per heavy atom. The lowest BCUT2D eigenvalue weighted by atomic mass is 10.2. The Balaban J connectivity index is 2.20. The minimum absolute atomic E-state index is 0.429. The lowest BCUT2D eigenvalue weighted by Gasteiger charge is -2.23. The fourth-order valence-corrected chi connectivity index (χ4v) is 1.94. The zero-order valence-electron chi connectivity index (χ0n) is 11.5. The number of hydrogen-bond acceptors (Lipinski definition) is 4. The third-order valence-corrected chi connectivity index (χ3v) is 2.95. The highest BCUT2D eigenvalue weighted by Crippen LogP contribution is 2.15. The maximum absolute atomic E-state index is 8.95. The van der Waals surface area contributed by atoms with Crippen molar-refractivity contribution in [2.45, 2.75) is 6.54 Å². The van der Waals surface area contributed by atoms with Crippen molar-refractivity contribution >= 4 is 5.82 Å². The van der Waals surface area contributed by atoms with E-state index in [-0.39, 0.29) is 0 Å². The van der Waals surface area contributed by atoms with Gasteiger partial charge in [-0.05, 0) is 17.7 Å². The van der Waals surface area contributed by atoms with E-state index in [0.717, 1.165) is 18.9 Å². The fourth-order valence-electron chi connectivity index (χ4n) is 1.94. The SMILES string of the molecule is COCCN(Cc1ccccc1)c1cccc(C#N)n1. The molecule has 0 amide bonds. The van der Waals surface area contributed by atoms with Crippen LogP contribution in [0.2, 0.25) is 0 Å². The summed E-state index contributed by atoms with van der Waals surface area (Å²) in [4.78, 5) is 6.46. The van der Waals surface area contributed by atoms with Gasteiger partial charge in [0.2, 0.25) is 0 Å². The highest BCUT2D eigenvalue weighted by Gasteiger charge is 2.09. The number of methoxy groups -OCH3 is 1. The molecule has 1 aromatic heterocycles. The average molecular weight is 267 g/mol. The van der Waals surface area contributed by atoms with Crippen LogP contribution in [0.15, 0.2) is 48.5 Å². The summed E-state index contributed by atoms with van der Waals surface area (Å²) in [5, 5.41) is 8.95. The largest absolute Gasteiger partial charge is 0.383 e. The predicted octanol–water partition coefficient (Wildman–Crippen LogP) is 2.61. The van der Waals surface area contributed by atoms with E-state index in [1.54, 1.807) is 13.2 Å². The lowest BCUT2D eigenvalue weighted by molar-refractivity contribution is 0.205. The van der Waals surface area contributed by atoms with Gasteiger partial charge >= 0.3 is 0 Å². The number of aromatic nitrogens is 1. The van der Waals surface area contributed by atoms with Crippen molar-refractivity contribution in [2.75, 3.05) is 25.2 Å². The first-order valence-electron chi connectivity index (χ1n) is 6.48. The minimum Gasteiger partial charge on any atom is -0.383 e. The van der Waals surface area contributed by atoms with E-state index in [9.17, 15) is 0 Å². The molecule has 4 nitrogen and oxygen atoms in total. The second-order valence-electron chi connectivity index (χ2n) is 4.39. The molecule has 0 radical (unpaired) electrons. The molecule has 0 aliphatic heterocycles. The van der Waals surface area contributed by atoms with Gasteiger partial charge in [0.05, 0.1) is 6.61 Å². The normalized spacial score (nSPS) is 10.0. The Labute approximate surface area is 119 Å². The maximum Gasteiger partial charge on any atom is 0.142 e. The summed E-state index contributed by atoms with van der Waals surface area (Å²) in [5.41, 5.74) is 1.63. The van der Waals surface area contributed by atoms with E-state index in [1.807, 2.05) is 30.3 Å². The van der Waals surface area contributed by atoms with E-state index < -0.39 is 0 Å². The lowest BCUT2D eigenvalue weighted by Crippen LogP contribution is -2.27. The smallest absolute Gasteiger partial charge is 0.142 e. The first kappa shape index (κ1) is 14.0. The van der Waals surface area contributed by atoms with Crippen LogP contribution in [-0.4, -0.2) is 25.2 Å². The molecule has 0 fully saturated rings. The number of anilines is 1. The first-order valence-corrected chi connectivity index (χ1v) is 6.48. The Morgan fingerprint density at radius 3 is 2.65 bits per heavy atom. The van der Waals surface area contributed by atoms with Crippen molar-refractivity contribution in [1.82, 2.24) is 4.98 Å². The van der Waals surface area contributed by atoms with Gasteiger partial charge < -0.3 is 9.64 Å². The third-order valence-electron chi connectivity index (χ3n) is 2.95. The zero-order valence-corrected chi connectivity index (χ0v) is 11.5.